The second kappa shape index (κ2) is 6.13. The number of likely N-dealkylation sites (tertiary alicyclic amines) is 1. The summed E-state index contributed by atoms with van der Waals surface area (Å²) < 4.78 is 5.81. The fourth-order valence-electron chi connectivity index (χ4n) is 2.61. The summed E-state index contributed by atoms with van der Waals surface area (Å²) in [6.45, 7) is 5.13. The van der Waals surface area contributed by atoms with Crippen LogP contribution in [-0.2, 0) is 0 Å². The maximum atomic E-state index is 12.6. The lowest BCUT2D eigenvalue weighted by Crippen LogP contribution is -2.31. The Kier molecular flexibility index (Phi) is 4.04. The highest BCUT2D eigenvalue weighted by molar-refractivity contribution is 5.95. The molecule has 3 rings (SSSR count). The van der Waals surface area contributed by atoms with E-state index in [4.69, 9.17) is 4.74 Å². The maximum absolute atomic E-state index is 12.6. The van der Waals surface area contributed by atoms with Gasteiger partial charge in [0, 0.05) is 24.6 Å². The average molecular weight is 297 g/mol. The van der Waals surface area contributed by atoms with E-state index in [1.807, 2.05) is 55.1 Å². The van der Waals surface area contributed by atoms with E-state index in [2.05, 4.69) is 10.2 Å². The predicted octanol–water partition coefficient (Wildman–Crippen LogP) is 2.39. The van der Waals surface area contributed by atoms with Gasteiger partial charge in [0.2, 0.25) is 5.88 Å². The van der Waals surface area contributed by atoms with Crippen LogP contribution < -0.4 is 4.74 Å². The van der Waals surface area contributed by atoms with Crippen molar-refractivity contribution in [2.45, 2.75) is 26.4 Å². The molecule has 1 aliphatic heterocycles. The lowest BCUT2D eigenvalue weighted by molar-refractivity contribution is 0.0770. The van der Waals surface area contributed by atoms with Gasteiger partial charge < -0.3 is 9.64 Å². The molecule has 1 unspecified atom stereocenters. The number of amides is 1. The van der Waals surface area contributed by atoms with E-state index in [9.17, 15) is 4.79 Å². The molecular weight excluding hydrogens is 278 g/mol. The third-order valence-electron chi connectivity index (χ3n) is 3.87. The van der Waals surface area contributed by atoms with Crippen molar-refractivity contribution in [2.24, 2.45) is 0 Å². The first-order chi connectivity index (χ1) is 10.6. The molecule has 0 N–H and O–H groups in total. The zero-order valence-electron chi connectivity index (χ0n) is 12.8. The van der Waals surface area contributed by atoms with Crippen LogP contribution in [0.1, 0.15) is 28.0 Å². The zero-order valence-corrected chi connectivity index (χ0v) is 12.8. The van der Waals surface area contributed by atoms with Crippen molar-refractivity contribution < 1.29 is 9.53 Å². The number of carbonyl (C=O) groups excluding carboxylic acids is 1. The lowest BCUT2D eigenvalue weighted by atomic mass is 10.1. The minimum absolute atomic E-state index is 0.0232. The van der Waals surface area contributed by atoms with E-state index in [-0.39, 0.29) is 12.0 Å². The normalized spacial score (nSPS) is 17.5. The molecule has 0 aliphatic carbocycles. The Morgan fingerprint density at radius 1 is 1.18 bits per heavy atom. The molecule has 1 saturated heterocycles. The van der Waals surface area contributed by atoms with Crippen LogP contribution in [-0.4, -0.2) is 40.2 Å². The molecule has 1 aliphatic rings. The van der Waals surface area contributed by atoms with Gasteiger partial charge in [-0.05, 0) is 31.5 Å². The van der Waals surface area contributed by atoms with Gasteiger partial charge in [0.15, 0.2) is 0 Å². The number of hydrogen-bond donors (Lipinski definition) is 0. The highest BCUT2D eigenvalue weighted by Gasteiger charge is 2.29. The summed E-state index contributed by atoms with van der Waals surface area (Å²) in [5.74, 6) is 0.583. The molecule has 1 fully saturated rings. The summed E-state index contributed by atoms with van der Waals surface area (Å²) in [7, 11) is 0. The van der Waals surface area contributed by atoms with Gasteiger partial charge in [-0.25, -0.2) is 0 Å². The number of ether oxygens (including phenoxy) is 1. The Labute approximate surface area is 129 Å². The Morgan fingerprint density at radius 3 is 2.73 bits per heavy atom. The Balaban J connectivity index is 1.63. The average Bonchev–Trinajstić information content (AvgIpc) is 2.98. The number of carbonyl (C=O) groups is 1. The topological polar surface area (TPSA) is 55.3 Å². The van der Waals surface area contributed by atoms with Crippen LogP contribution in [0.25, 0.3) is 0 Å². The fraction of sp³-hybridized carbons (Fsp3) is 0.353. The van der Waals surface area contributed by atoms with Gasteiger partial charge in [-0.3, -0.25) is 4.79 Å². The Hall–Kier alpha value is -2.43. The highest BCUT2D eigenvalue weighted by atomic mass is 16.5. The second-order valence-corrected chi connectivity index (χ2v) is 5.61. The van der Waals surface area contributed by atoms with E-state index >= 15 is 0 Å². The molecule has 0 radical (unpaired) electrons. The molecule has 2 aromatic rings. The summed E-state index contributed by atoms with van der Waals surface area (Å²) in [4.78, 5) is 14.4. The van der Waals surface area contributed by atoms with Gasteiger partial charge in [0.25, 0.3) is 5.91 Å². The second-order valence-electron chi connectivity index (χ2n) is 5.61. The number of benzene rings is 1. The number of rotatable bonds is 3. The Morgan fingerprint density at radius 2 is 2.00 bits per heavy atom. The fourth-order valence-corrected chi connectivity index (χ4v) is 2.61. The molecule has 5 heteroatoms. The monoisotopic (exact) mass is 297 g/mol. The molecule has 114 valence electrons. The van der Waals surface area contributed by atoms with Crippen LogP contribution in [0.5, 0.6) is 5.88 Å². The van der Waals surface area contributed by atoms with E-state index in [0.29, 0.717) is 19.0 Å². The summed E-state index contributed by atoms with van der Waals surface area (Å²) >= 11 is 0. The molecule has 0 saturated carbocycles. The molecule has 2 heterocycles. The quantitative estimate of drug-likeness (QED) is 0.873. The van der Waals surface area contributed by atoms with Crippen LogP contribution >= 0.6 is 0 Å². The number of aromatic nitrogens is 2. The standard InChI is InChI=1S/C17H19N3O2/c1-12-5-3-4-6-15(12)17(21)20-10-9-14(11-20)22-16-8-7-13(2)18-19-16/h3-8,14H,9-11H2,1-2H3. The van der Waals surface area contributed by atoms with Gasteiger partial charge in [-0.2, -0.15) is 5.10 Å². The predicted molar refractivity (Wildman–Crippen MR) is 82.9 cm³/mol. The van der Waals surface area contributed by atoms with E-state index in [1.165, 1.54) is 0 Å². The highest BCUT2D eigenvalue weighted by Crippen LogP contribution is 2.19. The number of nitrogens with zero attached hydrogens (tertiary/aromatic N) is 3. The third-order valence-corrected chi connectivity index (χ3v) is 3.87. The van der Waals surface area contributed by atoms with Crippen LogP contribution in [0.4, 0.5) is 0 Å². The largest absolute Gasteiger partial charge is 0.471 e. The van der Waals surface area contributed by atoms with E-state index in [1.54, 1.807) is 0 Å². The first-order valence-electron chi connectivity index (χ1n) is 7.45. The third kappa shape index (κ3) is 3.08. The molecule has 1 atom stereocenters. The molecule has 1 aromatic carbocycles. The lowest BCUT2D eigenvalue weighted by Gasteiger charge is -2.18. The summed E-state index contributed by atoms with van der Waals surface area (Å²) in [5, 5.41) is 7.99. The van der Waals surface area contributed by atoms with E-state index in [0.717, 1.165) is 23.2 Å². The van der Waals surface area contributed by atoms with Crippen LogP contribution in [0, 0.1) is 13.8 Å². The molecule has 0 spiro atoms. The smallest absolute Gasteiger partial charge is 0.254 e. The van der Waals surface area contributed by atoms with Gasteiger partial charge in [0.1, 0.15) is 6.10 Å². The number of hydrogen-bond acceptors (Lipinski definition) is 4. The van der Waals surface area contributed by atoms with Gasteiger partial charge in [-0.1, -0.05) is 18.2 Å². The SMILES string of the molecule is Cc1ccc(OC2CCN(C(=O)c3ccccc3C)C2)nn1. The van der Waals surface area contributed by atoms with Crippen molar-refractivity contribution >= 4 is 5.91 Å². The molecule has 1 aromatic heterocycles. The van der Waals surface area contributed by atoms with Crippen LogP contribution in [0.3, 0.4) is 0 Å². The minimum Gasteiger partial charge on any atom is -0.471 e. The first-order valence-corrected chi connectivity index (χ1v) is 7.45. The molecule has 5 nitrogen and oxygen atoms in total. The van der Waals surface area contributed by atoms with Crippen LogP contribution in [0.15, 0.2) is 36.4 Å². The molecule has 22 heavy (non-hydrogen) atoms. The van der Waals surface area contributed by atoms with Crippen molar-refractivity contribution in [3.05, 3.63) is 53.2 Å². The minimum atomic E-state index is -0.0232. The van der Waals surface area contributed by atoms with E-state index < -0.39 is 0 Å². The summed E-state index contributed by atoms with van der Waals surface area (Å²) in [6.07, 6.45) is 0.790. The van der Waals surface area contributed by atoms with Crippen LogP contribution in [0.2, 0.25) is 0 Å². The zero-order chi connectivity index (χ0) is 15.5. The first kappa shape index (κ1) is 14.5. The van der Waals surface area contributed by atoms with Gasteiger partial charge >= 0.3 is 0 Å². The van der Waals surface area contributed by atoms with Gasteiger partial charge in [-0.15, -0.1) is 5.10 Å². The van der Waals surface area contributed by atoms with Gasteiger partial charge in [0.05, 0.1) is 12.2 Å². The van der Waals surface area contributed by atoms with Crippen molar-refractivity contribution in [1.82, 2.24) is 15.1 Å². The molecular formula is C17H19N3O2. The maximum Gasteiger partial charge on any atom is 0.254 e. The number of aryl methyl sites for hydroxylation is 2. The Bertz CT molecular complexity index is 670. The summed E-state index contributed by atoms with van der Waals surface area (Å²) in [5.41, 5.74) is 2.62. The molecule has 0 bridgehead atoms. The van der Waals surface area contributed by atoms with Crippen molar-refractivity contribution in [3.8, 4) is 5.88 Å². The van der Waals surface area contributed by atoms with Crippen molar-refractivity contribution in [3.63, 3.8) is 0 Å². The van der Waals surface area contributed by atoms with Crippen molar-refractivity contribution in [2.75, 3.05) is 13.1 Å². The summed E-state index contributed by atoms with van der Waals surface area (Å²) in [6, 6.07) is 11.3. The molecule has 1 amide bonds. The van der Waals surface area contributed by atoms with Crippen molar-refractivity contribution in [1.29, 1.82) is 0 Å².